The van der Waals surface area contributed by atoms with Gasteiger partial charge in [-0.15, -0.1) is 0 Å². The molecule has 0 amide bonds. The third-order valence-corrected chi connectivity index (χ3v) is 5.54. The van der Waals surface area contributed by atoms with Crippen LogP contribution in [0.1, 0.15) is 29.8 Å². The molecule has 0 bridgehead atoms. The minimum Gasteiger partial charge on any atom is -0.495 e. The summed E-state index contributed by atoms with van der Waals surface area (Å²) >= 11 is 0. The molecule has 0 atom stereocenters. The van der Waals surface area contributed by atoms with Gasteiger partial charge in [-0.25, -0.2) is 19.1 Å². The van der Waals surface area contributed by atoms with Crippen molar-refractivity contribution in [3.63, 3.8) is 0 Å². The number of aromatic nitrogens is 4. The third-order valence-electron chi connectivity index (χ3n) is 5.54. The number of rotatable bonds is 7. The molecule has 0 saturated carbocycles. The van der Waals surface area contributed by atoms with Crippen molar-refractivity contribution in [1.29, 1.82) is 0 Å². The quantitative estimate of drug-likeness (QED) is 0.392. The zero-order chi connectivity index (χ0) is 24.4. The van der Waals surface area contributed by atoms with Gasteiger partial charge in [-0.1, -0.05) is 44.2 Å². The van der Waals surface area contributed by atoms with E-state index in [-0.39, 0.29) is 30.2 Å². The molecule has 0 aliphatic heterocycles. The number of para-hydroxylation sites is 2. The molecule has 0 saturated heterocycles. The van der Waals surface area contributed by atoms with E-state index < -0.39 is 17.2 Å². The topological polar surface area (TPSA) is 97.4 Å². The molecule has 2 aromatic carbocycles. The lowest BCUT2D eigenvalue weighted by Gasteiger charge is -2.16. The zero-order valence-electron chi connectivity index (χ0n) is 19.5. The number of esters is 1. The van der Waals surface area contributed by atoms with Gasteiger partial charge in [0.05, 0.1) is 38.3 Å². The average molecular weight is 463 g/mol. The van der Waals surface area contributed by atoms with Crippen LogP contribution in [-0.2, 0) is 17.8 Å². The molecule has 34 heavy (non-hydrogen) atoms. The van der Waals surface area contributed by atoms with Crippen molar-refractivity contribution in [1.82, 2.24) is 18.7 Å². The summed E-state index contributed by atoms with van der Waals surface area (Å²) in [6.07, 6.45) is 1.51. The van der Waals surface area contributed by atoms with E-state index in [9.17, 15) is 14.4 Å². The van der Waals surface area contributed by atoms with Crippen LogP contribution in [-0.4, -0.2) is 38.9 Å². The zero-order valence-corrected chi connectivity index (χ0v) is 19.5. The second-order valence-corrected chi connectivity index (χ2v) is 8.29. The second-order valence-electron chi connectivity index (χ2n) is 8.29. The number of nitrogens with zero attached hydrogens (tertiary/aromatic N) is 4. The van der Waals surface area contributed by atoms with Gasteiger partial charge in [-0.2, -0.15) is 0 Å². The number of methoxy groups -OCH3 is 2. The van der Waals surface area contributed by atoms with E-state index in [1.54, 1.807) is 47.0 Å². The van der Waals surface area contributed by atoms with Crippen LogP contribution in [0.4, 0.5) is 0 Å². The first-order chi connectivity index (χ1) is 16.4. The minimum absolute atomic E-state index is 0.0605. The van der Waals surface area contributed by atoms with Gasteiger partial charge in [0.2, 0.25) is 0 Å². The van der Waals surface area contributed by atoms with Gasteiger partial charge in [0.1, 0.15) is 5.75 Å². The predicted molar refractivity (Wildman–Crippen MR) is 128 cm³/mol. The Kier molecular flexibility index (Phi) is 6.36. The summed E-state index contributed by atoms with van der Waals surface area (Å²) in [4.78, 5) is 43.7. The lowest BCUT2D eigenvalue weighted by atomic mass is 10.1. The highest BCUT2D eigenvalue weighted by Gasteiger charge is 2.22. The summed E-state index contributed by atoms with van der Waals surface area (Å²) in [6.45, 7) is 4.32. The highest BCUT2D eigenvalue weighted by atomic mass is 16.5. The summed E-state index contributed by atoms with van der Waals surface area (Å²) < 4.78 is 14.7. The molecular weight excluding hydrogens is 436 g/mol. The lowest BCUT2D eigenvalue weighted by Crippen LogP contribution is -2.41. The molecule has 0 N–H and O–H groups in total. The fourth-order valence-electron chi connectivity index (χ4n) is 4.01. The molecule has 2 heterocycles. The van der Waals surface area contributed by atoms with E-state index in [4.69, 9.17) is 9.47 Å². The van der Waals surface area contributed by atoms with Crippen LogP contribution in [0, 0.1) is 5.92 Å². The molecule has 9 heteroatoms. The number of fused-ring (bicyclic) bond motifs is 1. The van der Waals surface area contributed by atoms with Crippen molar-refractivity contribution in [2.24, 2.45) is 5.92 Å². The molecular formula is C25H26N4O5. The molecule has 0 spiro atoms. The summed E-state index contributed by atoms with van der Waals surface area (Å²) in [5.74, 6) is 0.0693. The first-order valence-corrected chi connectivity index (χ1v) is 10.9. The molecule has 4 aromatic rings. The average Bonchev–Trinajstić information content (AvgIpc) is 3.25. The Balaban J connectivity index is 2.01. The van der Waals surface area contributed by atoms with E-state index in [1.807, 2.05) is 19.9 Å². The summed E-state index contributed by atoms with van der Waals surface area (Å²) in [7, 11) is 2.84. The Labute approximate surface area is 195 Å². The molecule has 0 radical (unpaired) electrons. The molecule has 176 valence electrons. The molecule has 4 rings (SSSR count). The third kappa shape index (κ3) is 4.00. The Morgan fingerprint density at radius 3 is 2.44 bits per heavy atom. The van der Waals surface area contributed by atoms with E-state index in [0.29, 0.717) is 22.6 Å². The fraction of sp³-hybridized carbons (Fsp3) is 0.280. The molecule has 0 aliphatic carbocycles. The maximum absolute atomic E-state index is 13.5. The Morgan fingerprint density at radius 1 is 1.03 bits per heavy atom. The van der Waals surface area contributed by atoms with Crippen molar-refractivity contribution in [3.05, 3.63) is 86.8 Å². The number of hydrogen-bond acceptors (Lipinski definition) is 6. The van der Waals surface area contributed by atoms with Gasteiger partial charge in [-0.05, 0) is 29.7 Å². The van der Waals surface area contributed by atoms with Crippen LogP contribution in [0.25, 0.3) is 16.9 Å². The van der Waals surface area contributed by atoms with Crippen molar-refractivity contribution in [3.8, 4) is 11.4 Å². The van der Waals surface area contributed by atoms with Crippen LogP contribution in [0.2, 0.25) is 0 Å². The minimum atomic E-state index is -0.490. The van der Waals surface area contributed by atoms with Crippen LogP contribution in [0.3, 0.4) is 0 Å². The maximum Gasteiger partial charge on any atom is 0.338 e. The van der Waals surface area contributed by atoms with Gasteiger partial charge in [0.25, 0.3) is 5.56 Å². The SMILES string of the molecule is COC(=O)c1ccccc1Cn1cnc2c1c(=O)n(CC(C)C)c(=O)n2-c1ccccc1OC. The summed E-state index contributed by atoms with van der Waals surface area (Å²) in [6, 6.07) is 14.1. The molecule has 0 aliphatic rings. The Hall–Kier alpha value is -4.14. The van der Waals surface area contributed by atoms with Crippen LogP contribution in [0.5, 0.6) is 5.75 Å². The van der Waals surface area contributed by atoms with Gasteiger partial charge in [0, 0.05) is 6.54 Å². The number of carbonyl (C=O) groups is 1. The monoisotopic (exact) mass is 462 g/mol. The van der Waals surface area contributed by atoms with E-state index in [0.717, 1.165) is 0 Å². The van der Waals surface area contributed by atoms with E-state index in [1.165, 1.54) is 29.7 Å². The first-order valence-electron chi connectivity index (χ1n) is 10.9. The number of carbonyl (C=O) groups excluding carboxylic acids is 1. The van der Waals surface area contributed by atoms with Crippen molar-refractivity contribution < 1.29 is 14.3 Å². The van der Waals surface area contributed by atoms with Gasteiger partial charge < -0.3 is 14.0 Å². The number of imidazole rings is 1. The molecule has 0 fully saturated rings. The molecule has 2 aromatic heterocycles. The predicted octanol–water partition coefficient (Wildman–Crippen LogP) is 2.85. The largest absolute Gasteiger partial charge is 0.495 e. The number of ether oxygens (including phenoxy) is 2. The summed E-state index contributed by atoms with van der Waals surface area (Å²) in [5.41, 5.74) is 1.09. The van der Waals surface area contributed by atoms with Gasteiger partial charge >= 0.3 is 11.7 Å². The van der Waals surface area contributed by atoms with E-state index in [2.05, 4.69) is 4.98 Å². The van der Waals surface area contributed by atoms with Crippen molar-refractivity contribution >= 4 is 17.1 Å². The molecule has 0 unspecified atom stereocenters. The van der Waals surface area contributed by atoms with E-state index >= 15 is 0 Å². The smallest absolute Gasteiger partial charge is 0.338 e. The molecule has 9 nitrogen and oxygen atoms in total. The van der Waals surface area contributed by atoms with Gasteiger partial charge in [0.15, 0.2) is 11.2 Å². The highest BCUT2D eigenvalue weighted by molar-refractivity contribution is 5.91. The standard InChI is InChI=1S/C25H26N4O5/c1-16(2)13-28-23(30)21-22(29(25(28)32)19-11-7-8-12-20(19)33-3)26-15-27(21)14-17-9-5-6-10-18(17)24(31)34-4/h5-12,15-16H,13-14H2,1-4H3. The Bertz CT molecular complexity index is 1480. The first kappa shape index (κ1) is 23.0. The Morgan fingerprint density at radius 2 is 1.74 bits per heavy atom. The highest BCUT2D eigenvalue weighted by Crippen LogP contribution is 2.24. The van der Waals surface area contributed by atoms with Crippen molar-refractivity contribution in [2.75, 3.05) is 14.2 Å². The normalized spacial score (nSPS) is 11.2. The fourth-order valence-corrected chi connectivity index (χ4v) is 4.01. The maximum atomic E-state index is 13.5. The summed E-state index contributed by atoms with van der Waals surface area (Å²) in [5, 5.41) is 0. The van der Waals surface area contributed by atoms with Crippen molar-refractivity contribution in [2.45, 2.75) is 26.9 Å². The van der Waals surface area contributed by atoms with Crippen LogP contribution >= 0.6 is 0 Å². The number of benzene rings is 2. The number of hydrogen-bond donors (Lipinski definition) is 0. The lowest BCUT2D eigenvalue weighted by molar-refractivity contribution is 0.0599. The van der Waals surface area contributed by atoms with Crippen LogP contribution in [0.15, 0.2) is 64.4 Å². The second kappa shape index (κ2) is 9.38. The van der Waals surface area contributed by atoms with Gasteiger partial charge in [-0.3, -0.25) is 9.36 Å². The van der Waals surface area contributed by atoms with Crippen LogP contribution < -0.4 is 16.0 Å².